The van der Waals surface area contributed by atoms with E-state index in [1.54, 1.807) is 7.05 Å². The summed E-state index contributed by atoms with van der Waals surface area (Å²) in [4.78, 5) is 25.6. The van der Waals surface area contributed by atoms with Crippen molar-refractivity contribution in [1.82, 2.24) is 5.01 Å². The van der Waals surface area contributed by atoms with Crippen molar-refractivity contribution in [1.29, 1.82) is 0 Å². The second kappa shape index (κ2) is 9.02. The van der Waals surface area contributed by atoms with Gasteiger partial charge in [0.15, 0.2) is 0 Å². The van der Waals surface area contributed by atoms with Crippen LogP contribution in [0.4, 0.5) is 4.79 Å². The highest BCUT2D eigenvalue weighted by Crippen LogP contribution is 1.99. The van der Waals surface area contributed by atoms with E-state index in [1.807, 2.05) is 0 Å². The summed E-state index contributed by atoms with van der Waals surface area (Å²) in [5.74, 6) is -0.864. The minimum atomic E-state index is -0.923. The predicted octanol–water partition coefficient (Wildman–Crippen LogP) is 1.21. The molecule has 0 saturated carbocycles. The number of methoxy groups -OCH3 is 1. The zero-order valence-corrected chi connectivity index (χ0v) is 10.5. The average Bonchev–Trinajstić information content (AvgIpc) is 2.28. The third-order valence-corrected chi connectivity index (χ3v) is 1.69. The van der Waals surface area contributed by atoms with Crippen molar-refractivity contribution in [2.24, 2.45) is 10.5 Å². The summed E-state index contributed by atoms with van der Waals surface area (Å²) in [5, 5.41) is 16.8. The van der Waals surface area contributed by atoms with Crippen molar-refractivity contribution in [2.75, 3.05) is 20.7 Å². The van der Waals surface area contributed by atoms with E-state index in [0.29, 0.717) is 13.0 Å². The van der Waals surface area contributed by atoms with E-state index in [4.69, 9.17) is 5.11 Å². The van der Waals surface area contributed by atoms with Gasteiger partial charge in [-0.1, -0.05) is 0 Å². The zero-order valence-electron chi connectivity index (χ0n) is 10.5. The molecule has 0 amide bonds. The number of carbonyl (C=O) groups excluding carboxylic acids is 1. The fourth-order valence-corrected chi connectivity index (χ4v) is 0.859. The lowest BCUT2D eigenvalue weighted by Gasteiger charge is -2.11. The lowest BCUT2D eigenvalue weighted by Crippen LogP contribution is -2.17. The van der Waals surface area contributed by atoms with E-state index in [0.717, 1.165) is 0 Å². The van der Waals surface area contributed by atoms with Crippen LogP contribution in [0.2, 0.25) is 0 Å². The molecule has 0 aromatic heterocycles. The summed E-state index contributed by atoms with van der Waals surface area (Å²) in [7, 11) is 2.79. The van der Waals surface area contributed by atoms with Gasteiger partial charge >= 0.3 is 12.1 Å². The summed E-state index contributed by atoms with van der Waals surface area (Å²) >= 11 is 0. The molecule has 0 aliphatic rings. The molecule has 9 nitrogen and oxygen atoms in total. The Balaban J connectivity index is 3.73. The van der Waals surface area contributed by atoms with Crippen molar-refractivity contribution in [3.05, 3.63) is 0 Å². The number of rotatable bonds is 8. The first-order valence-electron chi connectivity index (χ1n) is 5.20. The van der Waals surface area contributed by atoms with Crippen LogP contribution in [0.25, 0.3) is 0 Å². The highest BCUT2D eigenvalue weighted by atomic mass is 16.8. The molecule has 0 aromatic rings. The Morgan fingerprint density at radius 1 is 1.44 bits per heavy atom. The molecule has 0 spiro atoms. The number of nitrogens with zero attached hydrogens (tertiary/aromatic N) is 3. The first kappa shape index (κ1) is 15.9. The van der Waals surface area contributed by atoms with Gasteiger partial charge in [-0.15, -0.1) is 0 Å². The normalized spacial score (nSPS) is 11.9. The Kier molecular flexibility index (Phi) is 7.99. The van der Waals surface area contributed by atoms with Gasteiger partial charge in [-0.05, 0) is 11.6 Å². The number of carbonyl (C=O) groups is 2. The molecule has 0 fully saturated rings. The Morgan fingerprint density at radius 3 is 2.67 bits per heavy atom. The van der Waals surface area contributed by atoms with Crippen LogP contribution in [0.3, 0.4) is 0 Å². The summed E-state index contributed by atoms with van der Waals surface area (Å²) in [6.07, 6.45) is -1.30. The summed E-state index contributed by atoms with van der Waals surface area (Å²) in [6.45, 7) is 1.87. The molecule has 9 heteroatoms. The fraction of sp³-hybridized carbons (Fsp3) is 0.778. The molecule has 0 bridgehead atoms. The van der Waals surface area contributed by atoms with E-state index in [9.17, 15) is 9.59 Å². The predicted molar refractivity (Wildman–Crippen MR) is 58.4 cm³/mol. The zero-order chi connectivity index (χ0) is 14.0. The van der Waals surface area contributed by atoms with Gasteiger partial charge in [0.25, 0.3) is 6.29 Å². The number of carboxylic acids is 1. The van der Waals surface area contributed by atoms with Gasteiger partial charge in [-0.3, -0.25) is 9.80 Å². The van der Waals surface area contributed by atoms with Crippen LogP contribution >= 0.6 is 0 Å². The highest BCUT2D eigenvalue weighted by Gasteiger charge is 2.09. The molecule has 0 heterocycles. The lowest BCUT2D eigenvalue weighted by atomic mass is 10.3. The molecule has 0 rings (SSSR count). The second-order valence-corrected chi connectivity index (χ2v) is 3.29. The molecule has 0 aromatic carbocycles. The summed E-state index contributed by atoms with van der Waals surface area (Å²) in [6, 6.07) is 0. The lowest BCUT2D eigenvalue weighted by molar-refractivity contribution is -0.137. The van der Waals surface area contributed by atoms with Crippen LogP contribution in [0.5, 0.6) is 0 Å². The van der Waals surface area contributed by atoms with Crippen molar-refractivity contribution >= 4 is 12.1 Å². The van der Waals surface area contributed by atoms with Gasteiger partial charge in [0.1, 0.15) is 0 Å². The number of aliphatic carboxylic acids is 1. The van der Waals surface area contributed by atoms with E-state index in [1.165, 1.54) is 19.0 Å². The SMILES string of the molecule is COC(=O)OC(C)O/N=N\N(C)CCCC(=O)O. The van der Waals surface area contributed by atoms with E-state index < -0.39 is 18.4 Å². The first-order valence-corrected chi connectivity index (χ1v) is 5.20. The van der Waals surface area contributed by atoms with Gasteiger partial charge in [0.05, 0.1) is 7.11 Å². The van der Waals surface area contributed by atoms with Gasteiger partial charge in [0.2, 0.25) is 0 Å². The molecular formula is C9H17N3O6. The van der Waals surface area contributed by atoms with Crippen LogP contribution in [0.15, 0.2) is 10.5 Å². The average molecular weight is 263 g/mol. The molecule has 1 unspecified atom stereocenters. The Bertz CT molecular complexity index is 296. The second-order valence-electron chi connectivity index (χ2n) is 3.29. The molecule has 0 aliphatic heterocycles. The van der Waals surface area contributed by atoms with Gasteiger partial charge in [0, 0.05) is 32.2 Å². The molecule has 18 heavy (non-hydrogen) atoms. The number of hydrogen-bond acceptors (Lipinski definition) is 7. The third-order valence-electron chi connectivity index (χ3n) is 1.69. The standard InChI is InChI=1S/C9H17N3O6/c1-7(17-9(15)16-3)18-11-10-12(2)6-4-5-8(13)14/h7H,4-6H2,1-3H3,(H,13,14)/b11-10-. The van der Waals surface area contributed by atoms with E-state index in [-0.39, 0.29) is 6.42 Å². The largest absolute Gasteiger partial charge is 0.511 e. The van der Waals surface area contributed by atoms with Crippen molar-refractivity contribution < 1.29 is 29.0 Å². The maximum Gasteiger partial charge on any atom is 0.511 e. The van der Waals surface area contributed by atoms with Crippen molar-refractivity contribution in [3.63, 3.8) is 0 Å². The van der Waals surface area contributed by atoms with Gasteiger partial charge in [-0.2, -0.15) is 0 Å². The third kappa shape index (κ3) is 9.19. The maximum absolute atomic E-state index is 10.7. The van der Waals surface area contributed by atoms with Crippen LogP contribution in [-0.4, -0.2) is 49.2 Å². The van der Waals surface area contributed by atoms with Crippen molar-refractivity contribution in [3.8, 4) is 0 Å². The van der Waals surface area contributed by atoms with Crippen molar-refractivity contribution in [2.45, 2.75) is 26.1 Å². The Hall–Kier alpha value is -2.06. The summed E-state index contributed by atoms with van der Waals surface area (Å²) in [5.41, 5.74) is 0. The first-order chi connectivity index (χ1) is 8.45. The smallest absolute Gasteiger partial charge is 0.481 e. The minimum Gasteiger partial charge on any atom is -0.481 e. The molecule has 1 atom stereocenters. The topological polar surface area (TPSA) is 110 Å². The number of carboxylic acid groups (broad SMARTS) is 1. The molecule has 0 radical (unpaired) electrons. The van der Waals surface area contributed by atoms with Crippen LogP contribution in [0, 0.1) is 0 Å². The van der Waals surface area contributed by atoms with Crippen LogP contribution in [-0.2, 0) is 19.1 Å². The van der Waals surface area contributed by atoms with Crippen LogP contribution < -0.4 is 0 Å². The molecular weight excluding hydrogens is 246 g/mol. The minimum absolute atomic E-state index is 0.0581. The van der Waals surface area contributed by atoms with Gasteiger partial charge < -0.3 is 19.4 Å². The molecule has 104 valence electrons. The fourth-order valence-electron chi connectivity index (χ4n) is 0.859. The van der Waals surface area contributed by atoms with Crippen LogP contribution in [0.1, 0.15) is 19.8 Å². The molecule has 0 aliphatic carbocycles. The number of hydrogen-bond donors (Lipinski definition) is 1. The van der Waals surface area contributed by atoms with Gasteiger partial charge in [-0.25, -0.2) is 4.79 Å². The number of ether oxygens (including phenoxy) is 2. The summed E-state index contributed by atoms with van der Waals surface area (Å²) < 4.78 is 8.80. The van der Waals surface area contributed by atoms with E-state index in [2.05, 4.69) is 24.8 Å². The quantitative estimate of drug-likeness (QED) is 0.303. The Labute approximate surface area is 104 Å². The highest BCUT2D eigenvalue weighted by molar-refractivity contribution is 5.66. The molecule has 0 saturated heterocycles. The maximum atomic E-state index is 10.7. The van der Waals surface area contributed by atoms with E-state index >= 15 is 0 Å². The molecule has 1 N–H and O–H groups in total. The monoisotopic (exact) mass is 263 g/mol. The Morgan fingerprint density at radius 2 is 2.11 bits per heavy atom.